The molecule has 7 nitrogen and oxygen atoms in total. The number of nitro groups is 1. The highest BCUT2D eigenvalue weighted by molar-refractivity contribution is 6.31. The van der Waals surface area contributed by atoms with Gasteiger partial charge in [0.2, 0.25) is 5.91 Å². The van der Waals surface area contributed by atoms with E-state index in [4.69, 9.17) is 16.7 Å². The summed E-state index contributed by atoms with van der Waals surface area (Å²) in [7, 11) is 0. The van der Waals surface area contributed by atoms with Gasteiger partial charge in [0, 0.05) is 31.6 Å². The molecule has 0 spiro atoms. The fraction of sp³-hybridized carbons (Fsp3) is 0.467. The van der Waals surface area contributed by atoms with Gasteiger partial charge in [-0.3, -0.25) is 19.7 Å². The number of carboxylic acid groups (broad SMARTS) is 1. The molecule has 0 atom stereocenters. The number of piperidine rings is 1. The normalized spacial score (nSPS) is 15.4. The number of halogens is 1. The Balaban J connectivity index is 1.93. The van der Waals surface area contributed by atoms with Gasteiger partial charge >= 0.3 is 5.97 Å². The largest absolute Gasteiger partial charge is 0.481 e. The molecule has 1 heterocycles. The van der Waals surface area contributed by atoms with Crippen LogP contribution in [0.25, 0.3) is 0 Å². The maximum atomic E-state index is 12.3. The molecule has 1 aliphatic heterocycles. The van der Waals surface area contributed by atoms with Crippen LogP contribution < -0.4 is 0 Å². The monoisotopic (exact) mass is 340 g/mol. The van der Waals surface area contributed by atoms with E-state index in [-0.39, 0.29) is 35.4 Å². The first-order chi connectivity index (χ1) is 10.9. The fourth-order valence-corrected chi connectivity index (χ4v) is 2.94. The summed E-state index contributed by atoms with van der Waals surface area (Å²) < 4.78 is 0. The average Bonchev–Trinajstić information content (AvgIpc) is 2.49. The maximum Gasteiger partial charge on any atom is 0.303 e. The third-order valence-corrected chi connectivity index (χ3v) is 4.37. The van der Waals surface area contributed by atoms with Gasteiger partial charge in [-0.25, -0.2) is 0 Å². The van der Waals surface area contributed by atoms with Crippen LogP contribution in [0.1, 0.15) is 24.8 Å². The lowest BCUT2D eigenvalue weighted by Crippen LogP contribution is -2.39. The Bertz CT molecular complexity index is 626. The van der Waals surface area contributed by atoms with Gasteiger partial charge in [-0.15, -0.1) is 0 Å². The van der Waals surface area contributed by atoms with Crippen LogP contribution in [-0.2, 0) is 16.0 Å². The first kappa shape index (κ1) is 17.2. The Morgan fingerprint density at radius 3 is 2.52 bits per heavy atom. The van der Waals surface area contributed by atoms with Gasteiger partial charge in [-0.1, -0.05) is 17.7 Å². The molecule has 0 unspecified atom stereocenters. The smallest absolute Gasteiger partial charge is 0.303 e. The highest BCUT2D eigenvalue weighted by Gasteiger charge is 2.24. The van der Waals surface area contributed by atoms with Crippen LogP contribution in [-0.4, -0.2) is 39.9 Å². The number of nitro benzene ring substituents is 1. The molecule has 1 fully saturated rings. The van der Waals surface area contributed by atoms with E-state index in [2.05, 4.69) is 0 Å². The lowest BCUT2D eigenvalue weighted by atomic mass is 9.93. The van der Waals surface area contributed by atoms with E-state index in [0.717, 1.165) is 0 Å². The lowest BCUT2D eigenvalue weighted by Gasteiger charge is -2.31. The number of rotatable bonds is 5. The van der Waals surface area contributed by atoms with Crippen LogP contribution in [0, 0.1) is 16.0 Å². The summed E-state index contributed by atoms with van der Waals surface area (Å²) in [6, 6.07) is 4.06. The predicted molar refractivity (Wildman–Crippen MR) is 83.4 cm³/mol. The number of hydrogen-bond acceptors (Lipinski definition) is 4. The first-order valence-electron chi connectivity index (χ1n) is 7.29. The number of benzene rings is 1. The molecule has 124 valence electrons. The highest BCUT2D eigenvalue weighted by Crippen LogP contribution is 2.25. The van der Waals surface area contributed by atoms with Crippen molar-refractivity contribution in [3.05, 3.63) is 38.9 Å². The van der Waals surface area contributed by atoms with Gasteiger partial charge in [0.25, 0.3) is 5.69 Å². The zero-order valence-electron chi connectivity index (χ0n) is 12.4. The molecule has 0 radical (unpaired) electrons. The van der Waals surface area contributed by atoms with E-state index in [1.165, 1.54) is 18.2 Å². The molecule has 8 heteroatoms. The number of aliphatic carboxylic acids is 1. The van der Waals surface area contributed by atoms with Crippen molar-refractivity contribution < 1.29 is 19.6 Å². The van der Waals surface area contributed by atoms with Crippen LogP contribution in [0.4, 0.5) is 5.69 Å². The third kappa shape index (κ3) is 4.66. The molecule has 23 heavy (non-hydrogen) atoms. The molecule has 1 N–H and O–H groups in total. The number of carbonyl (C=O) groups excluding carboxylic acids is 1. The summed E-state index contributed by atoms with van der Waals surface area (Å²) in [6.45, 7) is 1.06. The van der Waals surface area contributed by atoms with Gasteiger partial charge in [-0.2, -0.15) is 0 Å². The molecule has 0 saturated carbocycles. The van der Waals surface area contributed by atoms with E-state index < -0.39 is 10.9 Å². The van der Waals surface area contributed by atoms with E-state index in [9.17, 15) is 19.7 Å². The van der Waals surface area contributed by atoms with Crippen LogP contribution in [0.3, 0.4) is 0 Å². The average molecular weight is 341 g/mol. The summed E-state index contributed by atoms with van der Waals surface area (Å²) in [5.74, 6) is -0.804. The van der Waals surface area contributed by atoms with Gasteiger partial charge in [-0.05, 0) is 24.3 Å². The quantitative estimate of drug-likeness (QED) is 0.655. The molecule has 0 bridgehead atoms. The molecule has 1 saturated heterocycles. The van der Waals surface area contributed by atoms with Gasteiger partial charge in [0.05, 0.1) is 16.4 Å². The minimum atomic E-state index is -0.813. The maximum absolute atomic E-state index is 12.3. The number of likely N-dealkylation sites (tertiary alicyclic amines) is 1. The van der Waals surface area contributed by atoms with Crippen LogP contribution in [0.5, 0.6) is 0 Å². The number of carbonyl (C=O) groups is 2. The topological polar surface area (TPSA) is 101 Å². The summed E-state index contributed by atoms with van der Waals surface area (Å²) in [6.07, 6.45) is 1.56. The van der Waals surface area contributed by atoms with Crippen molar-refractivity contribution >= 4 is 29.2 Å². The first-order valence-corrected chi connectivity index (χ1v) is 7.67. The summed E-state index contributed by atoms with van der Waals surface area (Å²) in [4.78, 5) is 34.8. The summed E-state index contributed by atoms with van der Waals surface area (Å²) >= 11 is 6.00. The molecule has 2 rings (SSSR count). The summed E-state index contributed by atoms with van der Waals surface area (Å²) in [5.41, 5.74) is 0.440. The van der Waals surface area contributed by atoms with Crippen molar-refractivity contribution in [2.45, 2.75) is 25.7 Å². The number of non-ortho nitro benzene ring substituents is 1. The number of amides is 1. The van der Waals surface area contributed by atoms with Crippen LogP contribution in [0.2, 0.25) is 5.02 Å². The van der Waals surface area contributed by atoms with Gasteiger partial charge in [0.15, 0.2) is 0 Å². The SMILES string of the molecule is O=C(O)CC1CCN(C(=O)Cc2ccc([N+](=O)[O-])cc2Cl)CC1. The van der Waals surface area contributed by atoms with E-state index in [0.29, 0.717) is 31.5 Å². The number of nitrogens with zero attached hydrogens (tertiary/aromatic N) is 2. The van der Waals surface area contributed by atoms with Crippen molar-refractivity contribution in [2.75, 3.05) is 13.1 Å². The summed E-state index contributed by atoms with van der Waals surface area (Å²) in [5, 5.41) is 19.7. The Morgan fingerprint density at radius 1 is 1.35 bits per heavy atom. The van der Waals surface area contributed by atoms with Crippen molar-refractivity contribution in [1.82, 2.24) is 4.90 Å². The van der Waals surface area contributed by atoms with E-state index in [1.807, 2.05) is 0 Å². The zero-order valence-corrected chi connectivity index (χ0v) is 13.2. The lowest BCUT2D eigenvalue weighted by molar-refractivity contribution is -0.384. The molecule has 1 amide bonds. The Hall–Kier alpha value is -2.15. The van der Waals surface area contributed by atoms with Crippen LogP contribution in [0.15, 0.2) is 18.2 Å². The highest BCUT2D eigenvalue weighted by atomic mass is 35.5. The predicted octanol–water partition coefficient (Wildman–Crippen LogP) is 2.50. The molecular formula is C15H17ClN2O5. The molecule has 1 aliphatic rings. The molecule has 0 aromatic heterocycles. The number of hydrogen-bond donors (Lipinski definition) is 1. The minimum Gasteiger partial charge on any atom is -0.481 e. The zero-order chi connectivity index (χ0) is 17.0. The Kier molecular flexibility index (Phi) is 5.54. The van der Waals surface area contributed by atoms with Crippen molar-refractivity contribution in [1.29, 1.82) is 0 Å². The minimum absolute atomic E-state index is 0.0838. The second kappa shape index (κ2) is 7.41. The standard InChI is InChI=1S/C15H17ClN2O5/c16-13-9-12(18(22)23)2-1-11(13)8-14(19)17-5-3-10(4-6-17)7-15(20)21/h1-2,9-10H,3-8H2,(H,20,21). The molecule has 1 aromatic carbocycles. The van der Waals surface area contributed by atoms with Gasteiger partial charge < -0.3 is 10.0 Å². The molecule has 0 aliphatic carbocycles. The van der Waals surface area contributed by atoms with Crippen molar-refractivity contribution in [3.63, 3.8) is 0 Å². The second-order valence-corrected chi connectivity index (χ2v) is 6.04. The van der Waals surface area contributed by atoms with Gasteiger partial charge in [0.1, 0.15) is 0 Å². The van der Waals surface area contributed by atoms with Crippen molar-refractivity contribution in [2.24, 2.45) is 5.92 Å². The molecule has 1 aromatic rings. The van der Waals surface area contributed by atoms with E-state index >= 15 is 0 Å². The second-order valence-electron chi connectivity index (χ2n) is 5.63. The number of carboxylic acids is 1. The van der Waals surface area contributed by atoms with Crippen LogP contribution >= 0.6 is 11.6 Å². The Morgan fingerprint density at radius 2 is 2.00 bits per heavy atom. The third-order valence-electron chi connectivity index (χ3n) is 4.02. The fourth-order valence-electron chi connectivity index (χ4n) is 2.70. The Labute approximate surface area is 138 Å². The van der Waals surface area contributed by atoms with E-state index in [1.54, 1.807) is 4.90 Å². The molecular weight excluding hydrogens is 324 g/mol. The van der Waals surface area contributed by atoms with Crippen molar-refractivity contribution in [3.8, 4) is 0 Å².